The average molecular weight is 273 g/mol. The third-order valence-electron chi connectivity index (χ3n) is 3.37. The molecule has 0 aromatic carbocycles. The van der Waals surface area contributed by atoms with Crippen LogP contribution in [0.2, 0.25) is 0 Å². The van der Waals surface area contributed by atoms with Crippen molar-refractivity contribution in [2.24, 2.45) is 5.92 Å². The minimum absolute atomic E-state index is 0. The van der Waals surface area contributed by atoms with E-state index in [1.165, 1.54) is 0 Å². The Morgan fingerprint density at radius 1 is 1.56 bits per heavy atom. The molecule has 1 saturated heterocycles. The highest BCUT2D eigenvalue weighted by atomic mass is 35.5. The van der Waals surface area contributed by atoms with E-state index < -0.39 is 5.60 Å². The third kappa shape index (κ3) is 3.20. The third-order valence-corrected chi connectivity index (χ3v) is 3.37. The first kappa shape index (κ1) is 15.4. The molecule has 1 aromatic rings. The summed E-state index contributed by atoms with van der Waals surface area (Å²) in [4.78, 5) is 6.19. The molecule has 0 bridgehead atoms. The monoisotopic (exact) mass is 272 g/mol. The van der Waals surface area contributed by atoms with Gasteiger partial charge < -0.3 is 14.7 Å². The van der Waals surface area contributed by atoms with Crippen LogP contribution in [0.4, 0.5) is 0 Å². The molecular formula is C13H21ClN2O2. The van der Waals surface area contributed by atoms with Crippen LogP contribution in [0.3, 0.4) is 0 Å². The van der Waals surface area contributed by atoms with Gasteiger partial charge in [-0.1, -0.05) is 6.07 Å². The maximum Gasteiger partial charge on any atom is 0.0995 e. The quantitative estimate of drug-likeness (QED) is 0.901. The summed E-state index contributed by atoms with van der Waals surface area (Å²) in [5, 5.41) is 10.9. The van der Waals surface area contributed by atoms with E-state index in [9.17, 15) is 5.11 Å². The summed E-state index contributed by atoms with van der Waals surface area (Å²) in [7, 11) is 4.02. The molecule has 0 saturated carbocycles. The molecule has 102 valence electrons. The first-order valence-corrected chi connectivity index (χ1v) is 5.98. The molecule has 5 heteroatoms. The van der Waals surface area contributed by atoms with Gasteiger partial charge in [-0.15, -0.1) is 12.4 Å². The van der Waals surface area contributed by atoms with E-state index in [4.69, 9.17) is 4.74 Å². The van der Waals surface area contributed by atoms with E-state index in [0.29, 0.717) is 19.6 Å². The molecule has 1 aromatic heterocycles. The van der Waals surface area contributed by atoms with E-state index in [1.807, 2.05) is 26.2 Å². The van der Waals surface area contributed by atoms with Crippen molar-refractivity contribution in [1.29, 1.82) is 0 Å². The molecule has 0 aliphatic carbocycles. The Hall–Kier alpha value is -0.680. The first-order valence-electron chi connectivity index (χ1n) is 5.98. The fourth-order valence-corrected chi connectivity index (χ4v) is 2.44. The lowest BCUT2D eigenvalue weighted by atomic mass is 9.78. The predicted molar refractivity (Wildman–Crippen MR) is 72.9 cm³/mol. The smallest absolute Gasteiger partial charge is 0.0995 e. The molecule has 1 aliphatic heterocycles. The van der Waals surface area contributed by atoms with Crippen molar-refractivity contribution in [3.8, 4) is 0 Å². The van der Waals surface area contributed by atoms with Gasteiger partial charge >= 0.3 is 0 Å². The van der Waals surface area contributed by atoms with Gasteiger partial charge in [-0.3, -0.25) is 4.98 Å². The molecule has 1 aliphatic rings. The van der Waals surface area contributed by atoms with Crippen molar-refractivity contribution in [1.82, 2.24) is 9.88 Å². The molecule has 0 spiro atoms. The van der Waals surface area contributed by atoms with Crippen LogP contribution in [0.25, 0.3) is 0 Å². The molecule has 0 amide bonds. The Morgan fingerprint density at radius 3 is 2.94 bits per heavy atom. The summed E-state index contributed by atoms with van der Waals surface area (Å²) in [6.45, 7) is 2.02. The Bertz CT molecular complexity index is 361. The lowest BCUT2D eigenvalue weighted by Gasteiger charge is -2.41. The van der Waals surface area contributed by atoms with Gasteiger partial charge in [0.05, 0.1) is 12.2 Å². The number of aromatic nitrogens is 1. The summed E-state index contributed by atoms with van der Waals surface area (Å²) >= 11 is 0. The fraction of sp³-hybridized carbons (Fsp3) is 0.615. The Labute approximate surface area is 114 Å². The van der Waals surface area contributed by atoms with Gasteiger partial charge in [-0.25, -0.2) is 0 Å². The Morgan fingerprint density at radius 2 is 2.33 bits per heavy atom. The minimum Gasteiger partial charge on any atom is -0.385 e. The van der Waals surface area contributed by atoms with Crippen LogP contribution in [-0.2, 0) is 10.3 Å². The minimum atomic E-state index is -0.809. The lowest BCUT2D eigenvalue weighted by molar-refractivity contribution is -0.123. The van der Waals surface area contributed by atoms with Crippen LogP contribution >= 0.6 is 12.4 Å². The molecular weight excluding hydrogens is 252 g/mol. The van der Waals surface area contributed by atoms with Crippen molar-refractivity contribution in [2.45, 2.75) is 12.0 Å². The number of halogens is 1. The number of hydrogen-bond acceptors (Lipinski definition) is 4. The first-order chi connectivity index (χ1) is 8.13. The van der Waals surface area contributed by atoms with E-state index >= 15 is 0 Å². The molecule has 1 N–H and O–H groups in total. The highest BCUT2D eigenvalue weighted by Gasteiger charge is 2.41. The summed E-state index contributed by atoms with van der Waals surface area (Å²) in [6.07, 6.45) is 4.12. The number of nitrogens with zero attached hydrogens (tertiary/aromatic N) is 2. The van der Waals surface area contributed by atoms with Crippen LogP contribution < -0.4 is 0 Å². The van der Waals surface area contributed by atoms with Crippen LogP contribution in [0.1, 0.15) is 12.0 Å². The molecule has 4 nitrogen and oxygen atoms in total. The van der Waals surface area contributed by atoms with Crippen LogP contribution in [0.5, 0.6) is 0 Å². The van der Waals surface area contributed by atoms with Crippen molar-refractivity contribution in [3.05, 3.63) is 30.1 Å². The zero-order valence-electron chi connectivity index (χ0n) is 10.9. The van der Waals surface area contributed by atoms with Gasteiger partial charge in [0.25, 0.3) is 0 Å². The fourth-order valence-electron chi connectivity index (χ4n) is 2.44. The molecule has 2 atom stereocenters. The van der Waals surface area contributed by atoms with Gasteiger partial charge in [0.1, 0.15) is 0 Å². The number of aliphatic hydroxyl groups is 1. The molecule has 18 heavy (non-hydrogen) atoms. The van der Waals surface area contributed by atoms with Gasteiger partial charge in [0.15, 0.2) is 0 Å². The maximum atomic E-state index is 10.9. The second-order valence-electron chi connectivity index (χ2n) is 4.95. The SMILES string of the molecule is CN(C)CC1COCCC1(O)c1cccnc1.Cl. The number of pyridine rings is 1. The second-order valence-corrected chi connectivity index (χ2v) is 4.95. The summed E-state index contributed by atoms with van der Waals surface area (Å²) in [5.41, 5.74) is 0.0895. The van der Waals surface area contributed by atoms with Crippen molar-refractivity contribution in [2.75, 3.05) is 33.9 Å². The summed E-state index contributed by atoms with van der Waals surface area (Å²) in [5.74, 6) is 0.0930. The second kappa shape index (κ2) is 6.48. The maximum absolute atomic E-state index is 10.9. The van der Waals surface area contributed by atoms with Crippen LogP contribution in [0.15, 0.2) is 24.5 Å². The van der Waals surface area contributed by atoms with Crippen LogP contribution in [-0.4, -0.2) is 48.8 Å². The largest absolute Gasteiger partial charge is 0.385 e. The van der Waals surface area contributed by atoms with Gasteiger partial charge in [0.2, 0.25) is 0 Å². The van der Waals surface area contributed by atoms with Gasteiger partial charge in [-0.05, 0) is 20.2 Å². The normalized spacial score (nSPS) is 27.9. The average Bonchev–Trinajstić information content (AvgIpc) is 2.33. The standard InChI is InChI=1S/C13H20N2O2.ClH/c1-15(2)9-12-10-17-7-5-13(12,16)11-4-3-6-14-8-11;/h3-4,6,8,12,16H,5,7,9-10H2,1-2H3;1H. The highest BCUT2D eigenvalue weighted by molar-refractivity contribution is 5.85. The van der Waals surface area contributed by atoms with E-state index in [2.05, 4.69) is 9.88 Å². The van der Waals surface area contributed by atoms with Gasteiger partial charge in [-0.2, -0.15) is 0 Å². The van der Waals surface area contributed by atoms with E-state index in [-0.39, 0.29) is 18.3 Å². The van der Waals surface area contributed by atoms with E-state index in [0.717, 1.165) is 12.1 Å². The number of ether oxygens (including phenoxy) is 1. The van der Waals surface area contributed by atoms with Crippen molar-refractivity contribution in [3.63, 3.8) is 0 Å². The van der Waals surface area contributed by atoms with E-state index in [1.54, 1.807) is 12.4 Å². The summed E-state index contributed by atoms with van der Waals surface area (Å²) < 4.78 is 5.49. The zero-order chi connectivity index (χ0) is 12.3. The highest BCUT2D eigenvalue weighted by Crippen LogP contribution is 2.36. The molecule has 0 radical (unpaired) electrons. The zero-order valence-corrected chi connectivity index (χ0v) is 11.7. The van der Waals surface area contributed by atoms with Crippen molar-refractivity contribution < 1.29 is 9.84 Å². The Balaban J connectivity index is 0.00000162. The predicted octanol–water partition coefficient (Wildman–Crippen LogP) is 1.29. The summed E-state index contributed by atoms with van der Waals surface area (Å²) in [6, 6.07) is 3.82. The Kier molecular flexibility index (Phi) is 5.53. The molecule has 2 rings (SSSR count). The molecule has 2 heterocycles. The van der Waals surface area contributed by atoms with Crippen molar-refractivity contribution >= 4 is 12.4 Å². The number of rotatable bonds is 3. The number of hydrogen-bond donors (Lipinski definition) is 1. The molecule has 2 unspecified atom stereocenters. The lowest BCUT2D eigenvalue weighted by Crippen LogP contribution is -2.47. The van der Waals surface area contributed by atoms with Gasteiger partial charge in [0, 0.05) is 43.4 Å². The molecule has 1 fully saturated rings. The topological polar surface area (TPSA) is 45.6 Å². The van der Waals surface area contributed by atoms with Crippen LogP contribution in [0, 0.1) is 5.92 Å².